The number of nitrogens with one attached hydrogen (secondary N) is 2. The second kappa shape index (κ2) is 10.1. The van der Waals surface area contributed by atoms with Crippen LogP contribution in [0.3, 0.4) is 0 Å². The van der Waals surface area contributed by atoms with Crippen molar-refractivity contribution in [3.8, 4) is 0 Å². The number of rotatable bonds is 7. The average Bonchev–Trinajstić information content (AvgIpc) is 3.13. The standard InChI is InChI=1S/C22H22ClN3O5/c1-2-14-3-9-18(10-4-14)24-19(27)13-31-22(30)16-11-20(28)26(12-16)25-21(29)15-5-7-17(23)8-6-15/h3-10,16H,2,11-13H2,1H3,(H,24,27)(H,25,29)/t16-/m1/s1. The Morgan fingerprint density at radius 3 is 2.42 bits per heavy atom. The zero-order chi connectivity index (χ0) is 22.4. The maximum absolute atomic E-state index is 12.3. The van der Waals surface area contributed by atoms with Gasteiger partial charge in [-0.1, -0.05) is 30.7 Å². The van der Waals surface area contributed by atoms with E-state index in [2.05, 4.69) is 10.7 Å². The predicted molar refractivity (Wildman–Crippen MR) is 114 cm³/mol. The zero-order valence-electron chi connectivity index (χ0n) is 16.9. The van der Waals surface area contributed by atoms with Crippen molar-refractivity contribution in [2.75, 3.05) is 18.5 Å². The molecule has 9 heteroatoms. The van der Waals surface area contributed by atoms with Gasteiger partial charge in [0.15, 0.2) is 6.61 Å². The number of ether oxygens (including phenoxy) is 1. The molecule has 0 spiro atoms. The number of carbonyl (C=O) groups excluding carboxylic acids is 4. The van der Waals surface area contributed by atoms with Crippen molar-refractivity contribution in [3.63, 3.8) is 0 Å². The summed E-state index contributed by atoms with van der Waals surface area (Å²) < 4.78 is 5.05. The lowest BCUT2D eigenvalue weighted by Crippen LogP contribution is -2.43. The highest BCUT2D eigenvalue weighted by molar-refractivity contribution is 6.30. The number of esters is 1. The summed E-state index contributed by atoms with van der Waals surface area (Å²) in [5, 5.41) is 4.21. The molecule has 1 atom stereocenters. The van der Waals surface area contributed by atoms with Gasteiger partial charge in [0.25, 0.3) is 11.8 Å². The van der Waals surface area contributed by atoms with E-state index >= 15 is 0 Å². The Morgan fingerprint density at radius 2 is 1.77 bits per heavy atom. The molecule has 1 heterocycles. The Labute approximate surface area is 184 Å². The predicted octanol–water partition coefficient (Wildman–Crippen LogP) is 2.58. The van der Waals surface area contributed by atoms with Gasteiger partial charge in [0.1, 0.15) is 0 Å². The van der Waals surface area contributed by atoms with Gasteiger partial charge in [-0.25, -0.2) is 0 Å². The number of benzene rings is 2. The summed E-state index contributed by atoms with van der Waals surface area (Å²) in [6.07, 6.45) is 0.781. The van der Waals surface area contributed by atoms with Gasteiger partial charge in [-0.05, 0) is 48.4 Å². The fourth-order valence-corrected chi connectivity index (χ4v) is 3.16. The molecule has 2 aromatic carbocycles. The first-order chi connectivity index (χ1) is 14.9. The molecular formula is C22H22ClN3O5. The molecule has 2 aromatic rings. The number of hydrogen-bond acceptors (Lipinski definition) is 5. The quantitative estimate of drug-likeness (QED) is 0.640. The molecule has 1 aliphatic rings. The van der Waals surface area contributed by atoms with Crippen molar-refractivity contribution >= 4 is 41.0 Å². The minimum Gasteiger partial charge on any atom is -0.455 e. The second-order valence-corrected chi connectivity index (χ2v) is 7.50. The highest BCUT2D eigenvalue weighted by atomic mass is 35.5. The molecule has 0 unspecified atom stereocenters. The number of hydrogen-bond donors (Lipinski definition) is 2. The number of hydrazine groups is 1. The normalized spacial score (nSPS) is 15.5. The molecule has 3 amide bonds. The van der Waals surface area contributed by atoms with Crippen LogP contribution in [0, 0.1) is 5.92 Å². The molecule has 31 heavy (non-hydrogen) atoms. The molecule has 1 fully saturated rings. The largest absolute Gasteiger partial charge is 0.455 e. The monoisotopic (exact) mass is 443 g/mol. The van der Waals surface area contributed by atoms with E-state index in [0.29, 0.717) is 16.3 Å². The van der Waals surface area contributed by atoms with Crippen LogP contribution in [-0.2, 0) is 25.5 Å². The van der Waals surface area contributed by atoms with Crippen molar-refractivity contribution in [2.45, 2.75) is 19.8 Å². The van der Waals surface area contributed by atoms with Gasteiger partial charge in [-0.2, -0.15) is 0 Å². The van der Waals surface area contributed by atoms with Gasteiger partial charge < -0.3 is 10.1 Å². The fourth-order valence-electron chi connectivity index (χ4n) is 3.04. The summed E-state index contributed by atoms with van der Waals surface area (Å²) in [6.45, 7) is 1.54. The minimum atomic E-state index is -0.769. The van der Waals surface area contributed by atoms with E-state index in [1.165, 1.54) is 12.1 Å². The van der Waals surface area contributed by atoms with Crippen molar-refractivity contribution in [1.82, 2.24) is 10.4 Å². The van der Waals surface area contributed by atoms with E-state index in [1.807, 2.05) is 19.1 Å². The Morgan fingerprint density at radius 1 is 1.10 bits per heavy atom. The molecule has 8 nitrogen and oxygen atoms in total. The lowest BCUT2D eigenvalue weighted by atomic mass is 10.1. The van der Waals surface area contributed by atoms with Crippen molar-refractivity contribution in [2.24, 2.45) is 5.92 Å². The second-order valence-electron chi connectivity index (χ2n) is 7.06. The summed E-state index contributed by atoms with van der Waals surface area (Å²) in [6, 6.07) is 13.5. The van der Waals surface area contributed by atoms with Crippen LogP contribution >= 0.6 is 11.6 Å². The van der Waals surface area contributed by atoms with Crippen LogP contribution in [0.25, 0.3) is 0 Å². The first-order valence-electron chi connectivity index (χ1n) is 9.78. The SMILES string of the molecule is CCc1ccc(NC(=O)COC(=O)[C@@H]2CC(=O)N(NC(=O)c3ccc(Cl)cc3)C2)cc1. The number of anilines is 1. The number of carbonyl (C=O) groups is 4. The third kappa shape index (κ3) is 6.05. The molecule has 1 aliphatic heterocycles. The molecule has 0 aliphatic carbocycles. The van der Waals surface area contributed by atoms with E-state index in [9.17, 15) is 19.2 Å². The van der Waals surface area contributed by atoms with Gasteiger partial charge in [0.05, 0.1) is 12.5 Å². The smallest absolute Gasteiger partial charge is 0.311 e. The number of aryl methyl sites for hydroxylation is 1. The van der Waals surface area contributed by atoms with E-state index < -0.39 is 36.2 Å². The van der Waals surface area contributed by atoms with Crippen LogP contribution in [0.2, 0.25) is 5.02 Å². The van der Waals surface area contributed by atoms with Crippen LogP contribution in [0.1, 0.15) is 29.3 Å². The molecule has 1 saturated heterocycles. The van der Waals surface area contributed by atoms with Crippen LogP contribution < -0.4 is 10.7 Å². The molecule has 2 N–H and O–H groups in total. The van der Waals surface area contributed by atoms with Crippen LogP contribution in [-0.4, -0.2) is 41.9 Å². The highest BCUT2D eigenvalue weighted by Crippen LogP contribution is 2.18. The van der Waals surface area contributed by atoms with Crippen LogP contribution in [0.15, 0.2) is 48.5 Å². The van der Waals surface area contributed by atoms with Crippen molar-refractivity contribution < 1.29 is 23.9 Å². The maximum Gasteiger partial charge on any atom is 0.311 e. The third-order valence-electron chi connectivity index (χ3n) is 4.79. The molecule has 3 rings (SSSR count). The van der Waals surface area contributed by atoms with E-state index in [1.54, 1.807) is 24.3 Å². The number of halogens is 1. The summed E-state index contributed by atoms with van der Waals surface area (Å²) in [5.41, 5.74) is 4.54. The lowest BCUT2D eigenvalue weighted by molar-refractivity contribution is -0.151. The lowest BCUT2D eigenvalue weighted by Gasteiger charge is -2.17. The van der Waals surface area contributed by atoms with Crippen LogP contribution in [0.5, 0.6) is 0 Å². The topological polar surface area (TPSA) is 105 Å². The Hall–Kier alpha value is -3.39. The summed E-state index contributed by atoms with van der Waals surface area (Å²) in [5.74, 6) is -2.82. The first-order valence-corrected chi connectivity index (χ1v) is 10.2. The summed E-state index contributed by atoms with van der Waals surface area (Å²) in [4.78, 5) is 48.7. The Balaban J connectivity index is 1.46. The van der Waals surface area contributed by atoms with E-state index in [0.717, 1.165) is 17.0 Å². The number of amides is 3. The van der Waals surface area contributed by atoms with Gasteiger partial charge in [-0.3, -0.25) is 29.6 Å². The van der Waals surface area contributed by atoms with Gasteiger partial charge in [0, 0.05) is 22.7 Å². The zero-order valence-corrected chi connectivity index (χ0v) is 17.6. The third-order valence-corrected chi connectivity index (χ3v) is 5.04. The van der Waals surface area contributed by atoms with Gasteiger partial charge in [-0.15, -0.1) is 0 Å². The molecule has 0 radical (unpaired) electrons. The Bertz CT molecular complexity index is 976. The van der Waals surface area contributed by atoms with E-state index in [-0.39, 0.29) is 13.0 Å². The van der Waals surface area contributed by atoms with Crippen molar-refractivity contribution in [1.29, 1.82) is 0 Å². The average molecular weight is 444 g/mol. The maximum atomic E-state index is 12.3. The highest BCUT2D eigenvalue weighted by Gasteiger charge is 2.36. The minimum absolute atomic E-state index is 0.0307. The summed E-state index contributed by atoms with van der Waals surface area (Å²) in [7, 11) is 0. The van der Waals surface area contributed by atoms with Crippen LogP contribution in [0.4, 0.5) is 5.69 Å². The first kappa shape index (κ1) is 22.3. The van der Waals surface area contributed by atoms with E-state index in [4.69, 9.17) is 16.3 Å². The Kier molecular flexibility index (Phi) is 7.25. The van der Waals surface area contributed by atoms with Gasteiger partial charge >= 0.3 is 5.97 Å². The number of nitrogens with zero attached hydrogens (tertiary/aromatic N) is 1. The summed E-state index contributed by atoms with van der Waals surface area (Å²) >= 11 is 5.80. The molecule has 0 aromatic heterocycles. The molecule has 0 saturated carbocycles. The molecule has 162 valence electrons. The van der Waals surface area contributed by atoms with Gasteiger partial charge in [0.2, 0.25) is 5.91 Å². The van der Waals surface area contributed by atoms with Crippen molar-refractivity contribution in [3.05, 3.63) is 64.7 Å². The molecular weight excluding hydrogens is 422 g/mol. The fraction of sp³-hybridized carbons (Fsp3) is 0.273. The molecule has 0 bridgehead atoms.